The van der Waals surface area contributed by atoms with Gasteiger partial charge in [0.15, 0.2) is 0 Å². The first-order valence-electron chi connectivity index (χ1n) is 10.4. The molecule has 1 aliphatic heterocycles. The van der Waals surface area contributed by atoms with Crippen molar-refractivity contribution in [1.29, 1.82) is 0 Å². The maximum absolute atomic E-state index is 13.0. The predicted molar refractivity (Wildman–Crippen MR) is 127 cm³/mol. The van der Waals surface area contributed by atoms with E-state index in [1.165, 1.54) is 14.0 Å². The molecule has 0 spiro atoms. The molecule has 33 heavy (non-hydrogen) atoms. The molecule has 0 radical (unpaired) electrons. The van der Waals surface area contributed by atoms with Crippen LogP contribution in [0.3, 0.4) is 0 Å². The van der Waals surface area contributed by atoms with E-state index >= 15 is 0 Å². The normalized spacial score (nSPS) is 13.6. The van der Waals surface area contributed by atoms with Crippen molar-refractivity contribution >= 4 is 40.4 Å². The zero-order valence-corrected chi connectivity index (χ0v) is 18.3. The molecule has 0 bridgehead atoms. The lowest BCUT2D eigenvalue weighted by Crippen LogP contribution is -2.18. The first-order valence-corrected chi connectivity index (χ1v) is 10.4. The minimum atomic E-state index is -0.467. The van der Waals surface area contributed by atoms with E-state index in [1.807, 2.05) is 54.6 Å². The van der Waals surface area contributed by atoms with Crippen LogP contribution >= 0.6 is 0 Å². The molecule has 2 amide bonds. The second-order valence-electron chi connectivity index (χ2n) is 7.55. The van der Waals surface area contributed by atoms with Crippen LogP contribution in [0.4, 0.5) is 11.4 Å². The monoisotopic (exact) mass is 441 g/mol. The number of fused-ring (bicyclic) bond motifs is 1. The highest BCUT2D eigenvalue weighted by Gasteiger charge is 2.29. The van der Waals surface area contributed by atoms with Crippen LogP contribution in [-0.2, 0) is 20.9 Å². The molecule has 7 nitrogen and oxygen atoms in total. The Morgan fingerprint density at radius 1 is 0.939 bits per heavy atom. The van der Waals surface area contributed by atoms with Crippen LogP contribution in [-0.4, -0.2) is 24.9 Å². The SMILES string of the molecule is COC(=O)c1ccc2c(c1)NC(=O)/C2=C(\Nc1ccc(CNC(C)=O)cc1)c1ccccc1. The van der Waals surface area contributed by atoms with Crippen molar-refractivity contribution in [2.75, 3.05) is 17.7 Å². The Bertz CT molecular complexity index is 1250. The number of carbonyl (C=O) groups is 3. The summed E-state index contributed by atoms with van der Waals surface area (Å²) in [5.74, 6) is -0.819. The fourth-order valence-electron chi connectivity index (χ4n) is 3.63. The lowest BCUT2D eigenvalue weighted by atomic mass is 9.99. The molecule has 7 heteroatoms. The molecule has 166 valence electrons. The smallest absolute Gasteiger partial charge is 0.337 e. The van der Waals surface area contributed by atoms with Crippen LogP contribution in [0.25, 0.3) is 11.3 Å². The molecule has 0 saturated heterocycles. The molecule has 0 aromatic heterocycles. The van der Waals surface area contributed by atoms with Gasteiger partial charge in [-0.15, -0.1) is 0 Å². The summed E-state index contributed by atoms with van der Waals surface area (Å²) in [7, 11) is 1.32. The van der Waals surface area contributed by atoms with Gasteiger partial charge in [0.25, 0.3) is 5.91 Å². The first kappa shape index (κ1) is 21.8. The van der Waals surface area contributed by atoms with E-state index in [9.17, 15) is 14.4 Å². The van der Waals surface area contributed by atoms with Crippen molar-refractivity contribution < 1.29 is 19.1 Å². The van der Waals surface area contributed by atoms with Crippen LogP contribution in [0.1, 0.15) is 34.0 Å². The summed E-state index contributed by atoms with van der Waals surface area (Å²) in [5.41, 5.74) is 5.34. The Kier molecular flexibility index (Phi) is 6.22. The fraction of sp³-hybridized carbons (Fsp3) is 0.115. The highest BCUT2D eigenvalue weighted by Crippen LogP contribution is 2.38. The molecule has 3 aromatic rings. The van der Waals surface area contributed by atoms with Gasteiger partial charge in [0.1, 0.15) is 0 Å². The standard InChI is InChI=1S/C26H23N3O4/c1-16(30)27-15-17-8-11-20(12-9-17)28-24(18-6-4-3-5-7-18)23-21-13-10-19(26(32)33-2)14-22(21)29-25(23)31/h3-14,28H,15H2,1-2H3,(H,27,30)(H,29,31)/b24-23-. The van der Waals surface area contributed by atoms with Gasteiger partial charge in [0.05, 0.1) is 29.6 Å². The zero-order chi connectivity index (χ0) is 23.4. The first-order chi connectivity index (χ1) is 16.0. The molecule has 3 aromatic carbocycles. The summed E-state index contributed by atoms with van der Waals surface area (Å²) in [4.78, 5) is 36.1. The molecule has 3 N–H and O–H groups in total. The molecule has 1 heterocycles. The van der Waals surface area contributed by atoms with Gasteiger partial charge >= 0.3 is 5.97 Å². The minimum absolute atomic E-state index is 0.0884. The van der Waals surface area contributed by atoms with Gasteiger partial charge in [0, 0.05) is 24.7 Å². The van der Waals surface area contributed by atoms with E-state index in [4.69, 9.17) is 4.74 Å². The van der Waals surface area contributed by atoms with Crippen LogP contribution in [0.15, 0.2) is 72.8 Å². The highest BCUT2D eigenvalue weighted by atomic mass is 16.5. The van der Waals surface area contributed by atoms with Crippen molar-refractivity contribution in [2.24, 2.45) is 0 Å². The van der Waals surface area contributed by atoms with E-state index in [0.717, 1.165) is 16.8 Å². The predicted octanol–water partition coefficient (Wildman–Crippen LogP) is 4.04. The Balaban J connectivity index is 1.74. The molecule has 0 unspecified atom stereocenters. The summed E-state index contributed by atoms with van der Waals surface area (Å²) in [6.07, 6.45) is 0. The van der Waals surface area contributed by atoms with Gasteiger partial charge in [0.2, 0.25) is 5.91 Å². The molecule has 0 fully saturated rings. The van der Waals surface area contributed by atoms with Crippen LogP contribution in [0.2, 0.25) is 0 Å². The summed E-state index contributed by atoms with van der Waals surface area (Å²) in [5, 5.41) is 9.02. The Morgan fingerprint density at radius 3 is 2.33 bits per heavy atom. The van der Waals surface area contributed by atoms with Crippen molar-refractivity contribution in [2.45, 2.75) is 13.5 Å². The summed E-state index contributed by atoms with van der Waals surface area (Å²) >= 11 is 0. The minimum Gasteiger partial charge on any atom is -0.465 e. The number of anilines is 2. The van der Waals surface area contributed by atoms with Gasteiger partial charge in [-0.25, -0.2) is 4.79 Å². The largest absolute Gasteiger partial charge is 0.465 e. The second-order valence-corrected chi connectivity index (χ2v) is 7.55. The number of ether oxygens (including phenoxy) is 1. The molecule has 1 aliphatic rings. The number of carbonyl (C=O) groups excluding carboxylic acids is 3. The molecule has 0 atom stereocenters. The third kappa shape index (κ3) is 4.77. The van der Waals surface area contributed by atoms with Crippen molar-refractivity contribution in [3.8, 4) is 0 Å². The van der Waals surface area contributed by atoms with Gasteiger partial charge in [-0.2, -0.15) is 0 Å². The maximum atomic E-state index is 13.0. The fourth-order valence-corrected chi connectivity index (χ4v) is 3.63. The Morgan fingerprint density at radius 2 is 1.67 bits per heavy atom. The number of rotatable bonds is 6. The molecular formula is C26H23N3O4. The number of amides is 2. The molecule has 4 rings (SSSR count). The summed E-state index contributed by atoms with van der Waals surface area (Å²) in [6, 6.07) is 22.2. The zero-order valence-electron chi connectivity index (χ0n) is 18.3. The summed E-state index contributed by atoms with van der Waals surface area (Å²) in [6.45, 7) is 1.92. The lowest BCUT2D eigenvalue weighted by Gasteiger charge is -2.15. The third-order valence-electron chi connectivity index (χ3n) is 5.26. The van der Waals surface area contributed by atoms with Crippen molar-refractivity contribution in [1.82, 2.24) is 5.32 Å². The number of nitrogens with one attached hydrogen (secondary N) is 3. The molecule has 0 saturated carbocycles. The van der Waals surface area contributed by atoms with E-state index in [-0.39, 0.29) is 11.8 Å². The van der Waals surface area contributed by atoms with Gasteiger partial charge in [-0.1, -0.05) is 48.5 Å². The number of methoxy groups -OCH3 is 1. The van der Waals surface area contributed by atoms with E-state index in [2.05, 4.69) is 16.0 Å². The number of hydrogen-bond acceptors (Lipinski definition) is 5. The quantitative estimate of drug-likeness (QED) is 0.396. The Labute approximate surface area is 191 Å². The van der Waals surface area contributed by atoms with Crippen LogP contribution in [0.5, 0.6) is 0 Å². The van der Waals surface area contributed by atoms with Gasteiger partial charge in [-0.3, -0.25) is 9.59 Å². The van der Waals surface area contributed by atoms with Crippen molar-refractivity contribution in [3.63, 3.8) is 0 Å². The molecular weight excluding hydrogens is 418 g/mol. The average molecular weight is 441 g/mol. The second kappa shape index (κ2) is 9.40. The maximum Gasteiger partial charge on any atom is 0.337 e. The van der Waals surface area contributed by atoms with Gasteiger partial charge in [-0.05, 0) is 35.4 Å². The van der Waals surface area contributed by atoms with Crippen LogP contribution in [0, 0.1) is 0 Å². The number of esters is 1. The number of hydrogen-bond donors (Lipinski definition) is 3. The average Bonchev–Trinajstić information content (AvgIpc) is 3.16. The summed E-state index contributed by atoms with van der Waals surface area (Å²) < 4.78 is 4.79. The van der Waals surface area contributed by atoms with Crippen molar-refractivity contribution in [3.05, 3.63) is 95.1 Å². The van der Waals surface area contributed by atoms with E-state index < -0.39 is 5.97 Å². The number of benzene rings is 3. The van der Waals surface area contributed by atoms with E-state index in [0.29, 0.717) is 34.6 Å². The molecule has 0 aliphatic carbocycles. The highest BCUT2D eigenvalue weighted by molar-refractivity contribution is 6.37. The van der Waals surface area contributed by atoms with Gasteiger partial charge < -0.3 is 20.7 Å². The third-order valence-corrected chi connectivity index (χ3v) is 5.26. The van der Waals surface area contributed by atoms with E-state index in [1.54, 1.807) is 18.2 Å². The Hall–Kier alpha value is -4.39. The lowest BCUT2D eigenvalue weighted by molar-refractivity contribution is -0.119. The van der Waals surface area contributed by atoms with Crippen LogP contribution < -0.4 is 16.0 Å². The topological polar surface area (TPSA) is 96.5 Å².